The number of hydrogen-bond donors (Lipinski definition) is 0. The molecule has 0 aliphatic carbocycles. The lowest BCUT2D eigenvalue weighted by atomic mass is 10.0. The monoisotopic (exact) mass is 295 g/mol. The molecule has 0 radical (unpaired) electrons. The molecule has 0 aromatic heterocycles. The van der Waals surface area contributed by atoms with Crippen LogP contribution in [0, 0.1) is 0 Å². The van der Waals surface area contributed by atoms with Crippen LogP contribution in [0.2, 0.25) is 0 Å². The van der Waals surface area contributed by atoms with Gasteiger partial charge in [0.05, 0.1) is 5.75 Å². The first kappa shape index (κ1) is 15.0. The number of benzene rings is 1. The second-order valence-corrected chi connectivity index (χ2v) is 7.75. The lowest BCUT2D eigenvalue weighted by Gasteiger charge is -2.33. The predicted molar refractivity (Wildman–Crippen MR) is 79.3 cm³/mol. The minimum absolute atomic E-state index is 0.0155. The van der Waals surface area contributed by atoms with E-state index in [1.165, 1.54) is 12.7 Å². The number of sulfone groups is 1. The van der Waals surface area contributed by atoms with Crippen LogP contribution in [0.1, 0.15) is 42.1 Å². The van der Waals surface area contributed by atoms with Gasteiger partial charge in [-0.25, -0.2) is 8.42 Å². The minimum Gasteiger partial charge on any atom is -0.336 e. The normalized spacial score (nSPS) is 19.9. The number of nitrogens with zero attached hydrogens (tertiary/aromatic N) is 1. The van der Waals surface area contributed by atoms with E-state index in [0.717, 1.165) is 24.9 Å². The predicted octanol–water partition coefficient (Wildman–Crippen LogP) is 2.25. The SMILES string of the molecule is CC1CCCCN1C(=O)c1ccc(CS(C)(=O)=O)cc1. The van der Waals surface area contributed by atoms with Gasteiger partial charge in [0.15, 0.2) is 9.84 Å². The van der Waals surface area contributed by atoms with E-state index in [9.17, 15) is 13.2 Å². The first-order valence-corrected chi connectivity index (χ1v) is 9.00. The first-order valence-electron chi connectivity index (χ1n) is 6.94. The highest BCUT2D eigenvalue weighted by Gasteiger charge is 2.24. The summed E-state index contributed by atoms with van der Waals surface area (Å²) in [6, 6.07) is 7.19. The Morgan fingerprint density at radius 2 is 1.90 bits per heavy atom. The molecule has 1 aliphatic rings. The minimum atomic E-state index is -3.03. The molecule has 2 rings (SSSR count). The van der Waals surface area contributed by atoms with E-state index >= 15 is 0 Å². The van der Waals surface area contributed by atoms with E-state index in [1.807, 2.05) is 4.90 Å². The smallest absolute Gasteiger partial charge is 0.254 e. The zero-order valence-corrected chi connectivity index (χ0v) is 12.8. The lowest BCUT2D eigenvalue weighted by molar-refractivity contribution is 0.0635. The van der Waals surface area contributed by atoms with Crippen molar-refractivity contribution in [2.75, 3.05) is 12.8 Å². The summed E-state index contributed by atoms with van der Waals surface area (Å²) in [6.45, 7) is 2.89. The van der Waals surface area contributed by atoms with E-state index < -0.39 is 9.84 Å². The zero-order chi connectivity index (χ0) is 14.8. The van der Waals surface area contributed by atoms with E-state index in [4.69, 9.17) is 0 Å². The highest BCUT2D eigenvalue weighted by molar-refractivity contribution is 7.89. The van der Waals surface area contributed by atoms with Crippen molar-refractivity contribution in [3.8, 4) is 0 Å². The number of hydrogen-bond acceptors (Lipinski definition) is 3. The third-order valence-electron chi connectivity index (χ3n) is 3.69. The van der Waals surface area contributed by atoms with Crippen LogP contribution >= 0.6 is 0 Å². The highest BCUT2D eigenvalue weighted by atomic mass is 32.2. The molecule has 0 N–H and O–H groups in total. The van der Waals surface area contributed by atoms with Gasteiger partial charge in [0.2, 0.25) is 0 Å². The maximum atomic E-state index is 12.4. The quantitative estimate of drug-likeness (QED) is 0.859. The van der Waals surface area contributed by atoms with Crippen molar-refractivity contribution in [1.82, 2.24) is 4.90 Å². The Balaban J connectivity index is 2.11. The summed E-state index contributed by atoms with van der Waals surface area (Å²) in [5, 5.41) is 0. The Hall–Kier alpha value is -1.36. The maximum Gasteiger partial charge on any atom is 0.254 e. The molecule has 20 heavy (non-hydrogen) atoms. The van der Waals surface area contributed by atoms with Crippen LogP contribution in [0.25, 0.3) is 0 Å². The van der Waals surface area contributed by atoms with Crippen LogP contribution in [0.3, 0.4) is 0 Å². The van der Waals surface area contributed by atoms with Crippen LogP contribution in [0.15, 0.2) is 24.3 Å². The summed E-state index contributed by atoms with van der Waals surface area (Å²) in [5.74, 6) is 0.0600. The van der Waals surface area contributed by atoms with Gasteiger partial charge in [-0.05, 0) is 43.9 Å². The molecule has 4 nitrogen and oxygen atoms in total. The maximum absolute atomic E-state index is 12.4. The molecule has 1 amide bonds. The highest BCUT2D eigenvalue weighted by Crippen LogP contribution is 2.19. The molecule has 1 aromatic carbocycles. The van der Waals surface area contributed by atoms with Gasteiger partial charge >= 0.3 is 0 Å². The molecule has 0 spiro atoms. The van der Waals surface area contributed by atoms with E-state index in [2.05, 4.69) is 6.92 Å². The number of amides is 1. The third-order valence-corrected chi connectivity index (χ3v) is 4.55. The summed E-state index contributed by atoms with van der Waals surface area (Å²) in [4.78, 5) is 14.3. The summed E-state index contributed by atoms with van der Waals surface area (Å²) in [5.41, 5.74) is 1.35. The average molecular weight is 295 g/mol. The largest absolute Gasteiger partial charge is 0.336 e. The Bertz CT molecular complexity index is 578. The van der Waals surface area contributed by atoms with Gasteiger partial charge in [0.1, 0.15) is 0 Å². The van der Waals surface area contributed by atoms with E-state index in [0.29, 0.717) is 5.56 Å². The van der Waals surface area contributed by atoms with E-state index in [-0.39, 0.29) is 17.7 Å². The fraction of sp³-hybridized carbons (Fsp3) is 0.533. The number of likely N-dealkylation sites (tertiary alicyclic amines) is 1. The van der Waals surface area contributed by atoms with Gasteiger partial charge in [0.25, 0.3) is 5.91 Å². The molecular weight excluding hydrogens is 274 g/mol. The molecule has 1 heterocycles. The molecule has 1 saturated heterocycles. The Morgan fingerprint density at radius 1 is 1.25 bits per heavy atom. The molecule has 5 heteroatoms. The fourth-order valence-electron chi connectivity index (χ4n) is 2.61. The summed E-state index contributed by atoms with van der Waals surface area (Å²) in [6.07, 6.45) is 4.50. The topological polar surface area (TPSA) is 54.5 Å². The number of rotatable bonds is 3. The van der Waals surface area contributed by atoms with Gasteiger partial charge in [-0.1, -0.05) is 12.1 Å². The van der Waals surface area contributed by atoms with E-state index in [1.54, 1.807) is 24.3 Å². The van der Waals surface area contributed by atoms with Gasteiger partial charge in [-0.15, -0.1) is 0 Å². The van der Waals surface area contributed by atoms with Crippen molar-refractivity contribution in [3.05, 3.63) is 35.4 Å². The van der Waals surface area contributed by atoms with Crippen molar-refractivity contribution < 1.29 is 13.2 Å². The van der Waals surface area contributed by atoms with Crippen LogP contribution < -0.4 is 0 Å². The standard InChI is InChI=1S/C15H21NO3S/c1-12-5-3-4-10-16(12)15(17)14-8-6-13(7-9-14)11-20(2,18)19/h6-9,12H,3-5,10-11H2,1-2H3. The Labute approximate surface area is 120 Å². The molecule has 1 unspecified atom stereocenters. The van der Waals surface area contributed by atoms with Gasteiger partial charge in [0, 0.05) is 24.4 Å². The molecular formula is C15H21NO3S. The molecule has 0 saturated carbocycles. The van der Waals surface area contributed by atoms with Gasteiger partial charge in [-0.2, -0.15) is 0 Å². The van der Waals surface area contributed by atoms with Crippen LogP contribution in [-0.2, 0) is 15.6 Å². The van der Waals surface area contributed by atoms with Crippen molar-refractivity contribution in [1.29, 1.82) is 0 Å². The molecule has 0 bridgehead atoms. The van der Waals surface area contributed by atoms with Crippen LogP contribution in [0.4, 0.5) is 0 Å². The van der Waals surface area contributed by atoms with Crippen molar-refractivity contribution in [2.45, 2.75) is 38.0 Å². The van der Waals surface area contributed by atoms with Crippen molar-refractivity contribution in [2.24, 2.45) is 0 Å². The second kappa shape index (κ2) is 5.95. The van der Waals surface area contributed by atoms with Crippen LogP contribution in [-0.4, -0.2) is 38.1 Å². The Kier molecular flexibility index (Phi) is 4.48. The number of carbonyl (C=O) groups excluding carboxylic acids is 1. The van der Waals surface area contributed by atoms with Gasteiger partial charge < -0.3 is 4.90 Å². The third kappa shape index (κ3) is 3.82. The zero-order valence-electron chi connectivity index (χ0n) is 12.0. The number of carbonyl (C=O) groups is 1. The average Bonchev–Trinajstić information content (AvgIpc) is 2.37. The first-order chi connectivity index (χ1) is 9.37. The summed E-state index contributed by atoms with van der Waals surface area (Å²) < 4.78 is 22.5. The summed E-state index contributed by atoms with van der Waals surface area (Å²) >= 11 is 0. The molecule has 110 valence electrons. The molecule has 1 fully saturated rings. The van der Waals surface area contributed by atoms with Crippen molar-refractivity contribution in [3.63, 3.8) is 0 Å². The van der Waals surface area contributed by atoms with Crippen molar-refractivity contribution >= 4 is 15.7 Å². The second-order valence-electron chi connectivity index (χ2n) is 5.61. The molecule has 1 aromatic rings. The fourth-order valence-corrected chi connectivity index (χ4v) is 3.41. The lowest BCUT2D eigenvalue weighted by Crippen LogP contribution is -2.42. The summed E-state index contributed by atoms with van der Waals surface area (Å²) in [7, 11) is -3.03. The van der Waals surface area contributed by atoms with Crippen LogP contribution in [0.5, 0.6) is 0 Å². The number of piperidine rings is 1. The van der Waals surface area contributed by atoms with Gasteiger partial charge in [-0.3, -0.25) is 4.79 Å². The molecule has 1 aliphatic heterocycles. The molecule has 1 atom stereocenters. The Morgan fingerprint density at radius 3 is 2.45 bits per heavy atom.